The van der Waals surface area contributed by atoms with E-state index in [0.717, 1.165) is 28.8 Å². The van der Waals surface area contributed by atoms with Crippen LogP contribution in [0.3, 0.4) is 0 Å². The highest BCUT2D eigenvalue weighted by molar-refractivity contribution is 7.99. The second-order valence-electron chi connectivity index (χ2n) is 5.19. The van der Waals surface area contributed by atoms with Gasteiger partial charge in [-0.15, -0.1) is 0 Å². The number of hydrogen-bond donors (Lipinski definition) is 1. The molecule has 0 bridgehead atoms. The minimum atomic E-state index is -0.0940. The zero-order valence-electron chi connectivity index (χ0n) is 13.1. The lowest BCUT2D eigenvalue weighted by Gasteiger charge is -2.14. The summed E-state index contributed by atoms with van der Waals surface area (Å²) in [6.45, 7) is 5.10. The third kappa shape index (κ3) is 3.61. The molecule has 0 unspecified atom stereocenters. The average Bonchev–Trinajstić information content (AvgIpc) is 3.20. The molecule has 1 amide bonds. The van der Waals surface area contributed by atoms with Crippen molar-refractivity contribution in [2.75, 3.05) is 12.5 Å². The van der Waals surface area contributed by atoms with Crippen molar-refractivity contribution >= 4 is 17.7 Å². The Morgan fingerprint density at radius 2 is 2.26 bits per heavy atom. The van der Waals surface area contributed by atoms with E-state index in [1.165, 1.54) is 11.8 Å². The molecule has 3 rings (SSSR count). The molecule has 0 saturated carbocycles. The normalized spacial score (nSPS) is 13.8. The van der Waals surface area contributed by atoms with E-state index in [4.69, 9.17) is 9.47 Å². The number of benzene rings is 1. The number of ether oxygens (including phenoxy) is 2. The fourth-order valence-corrected chi connectivity index (χ4v) is 3.19. The number of amides is 1. The largest absolute Gasteiger partial charge is 0.454 e. The second-order valence-corrected chi connectivity index (χ2v) is 6.13. The zero-order chi connectivity index (χ0) is 16.2. The molecule has 23 heavy (non-hydrogen) atoms. The van der Waals surface area contributed by atoms with E-state index in [2.05, 4.69) is 10.3 Å². The van der Waals surface area contributed by atoms with Gasteiger partial charge in [0.1, 0.15) is 0 Å². The van der Waals surface area contributed by atoms with Gasteiger partial charge in [-0.3, -0.25) is 4.79 Å². The van der Waals surface area contributed by atoms with Gasteiger partial charge < -0.3 is 19.4 Å². The van der Waals surface area contributed by atoms with Crippen LogP contribution in [0.25, 0.3) is 0 Å². The molecule has 1 aliphatic rings. The number of thioether (sulfide) groups is 1. The number of nitrogens with one attached hydrogen (secondary N) is 1. The SMILES string of the molecule is CCn1ccnc1SCC(=O)N[C@@H](C)c1ccc2c(c1)OCO2. The summed E-state index contributed by atoms with van der Waals surface area (Å²) in [7, 11) is 0. The number of carbonyl (C=O) groups excluding carboxylic acids is 1. The first-order valence-electron chi connectivity index (χ1n) is 7.50. The molecule has 1 atom stereocenters. The maximum atomic E-state index is 12.1. The molecular formula is C16H19N3O3S. The van der Waals surface area contributed by atoms with Crippen LogP contribution >= 0.6 is 11.8 Å². The summed E-state index contributed by atoms with van der Waals surface area (Å²) in [6, 6.07) is 5.62. The molecule has 1 aromatic heterocycles. The predicted molar refractivity (Wildman–Crippen MR) is 87.7 cm³/mol. The van der Waals surface area contributed by atoms with Crippen LogP contribution in [0, 0.1) is 0 Å². The Hall–Kier alpha value is -2.15. The third-order valence-electron chi connectivity index (χ3n) is 3.62. The fraction of sp³-hybridized carbons (Fsp3) is 0.375. The molecule has 2 aromatic rings. The summed E-state index contributed by atoms with van der Waals surface area (Å²) in [5, 5.41) is 3.85. The lowest BCUT2D eigenvalue weighted by atomic mass is 10.1. The van der Waals surface area contributed by atoms with Crippen molar-refractivity contribution in [2.45, 2.75) is 31.6 Å². The van der Waals surface area contributed by atoms with E-state index in [0.29, 0.717) is 5.75 Å². The standard InChI is InChI=1S/C16H19N3O3S/c1-3-19-7-6-17-16(19)23-9-15(20)18-11(2)12-4-5-13-14(8-12)22-10-21-13/h4-8,11H,3,9-10H2,1-2H3,(H,18,20)/t11-/m0/s1. The minimum Gasteiger partial charge on any atom is -0.454 e. The van der Waals surface area contributed by atoms with Crippen molar-refractivity contribution in [1.29, 1.82) is 0 Å². The molecular weight excluding hydrogens is 314 g/mol. The van der Waals surface area contributed by atoms with Gasteiger partial charge in [-0.25, -0.2) is 4.98 Å². The Kier molecular flexibility index (Phi) is 4.76. The van der Waals surface area contributed by atoms with Crippen molar-refractivity contribution in [3.63, 3.8) is 0 Å². The third-order valence-corrected chi connectivity index (χ3v) is 4.63. The molecule has 1 N–H and O–H groups in total. The molecule has 0 saturated heterocycles. The molecule has 122 valence electrons. The predicted octanol–water partition coefficient (Wildman–Crippen LogP) is 2.60. The van der Waals surface area contributed by atoms with Gasteiger partial charge in [-0.2, -0.15) is 0 Å². The van der Waals surface area contributed by atoms with Crippen molar-refractivity contribution in [2.24, 2.45) is 0 Å². The van der Waals surface area contributed by atoms with Gasteiger partial charge in [-0.1, -0.05) is 17.8 Å². The Labute approximate surface area is 139 Å². The molecule has 0 spiro atoms. The van der Waals surface area contributed by atoms with Crippen LogP contribution in [0.2, 0.25) is 0 Å². The summed E-state index contributed by atoms with van der Waals surface area (Å²) in [4.78, 5) is 16.4. The van der Waals surface area contributed by atoms with Crippen LogP contribution in [0.5, 0.6) is 11.5 Å². The van der Waals surface area contributed by atoms with Crippen molar-refractivity contribution in [3.05, 3.63) is 36.2 Å². The number of fused-ring (bicyclic) bond motifs is 1. The lowest BCUT2D eigenvalue weighted by molar-refractivity contribution is -0.119. The van der Waals surface area contributed by atoms with Crippen molar-refractivity contribution in [1.82, 2.24) is 14.9 Å². The first-order chi connectivity index (χ1) is 11.2. The maximum Gasteiger partial charge on any atom is 0.231 e. The topological polar surface area (TPSA) is 65.4 Å². The Morgan fingerprint density at radius 3 is 3.09 bits per heavy atom. The van der Waals surface area contributed by atoms with Gasteiger partial charge in [0.25, 0.3) is 0 Å². The summed E-state index contributed by atoms with van der Waals surface area (Å²) >= 11 is 1.44. The Morgan fingerprint density at radius 1 is 1.43 bits per heavy atom. The minimum absolute atomic E-state index is 0.0224. The van der Waals surface area contributed by atoms with E-state index >= 15 is 0 Å². The van der Waals surface area contributed by atoms with E-state index in [9.17, 15) is 4.79 Å². The van der Waals surface area contributed by atoms with Crippen molar-refractivity contribution < 1.29 is 14.3 Å². The Bertz CT molecular complexity index is 702. The molecule has 0 radical (unpaired) electrons. The van der Waals surface area contributed by atoms with Gasteiger partial charge >= 0.3 is 0 Å². The summed E-state index contributed by atoms with van der Waals surface area (Å²) < 4.78 is 12.7. The molecule has 0 fully saturated rings. The summed E-state index contributed by atoms with van der Waals surface area (Å²) in [5.74, 6) is 1.79. The highest BCUT2D eigenvalue weighted by atomic mass is 32.2. The van der Waals surface area contributed by atoms with E-state index < -0.39 is 0 Å². The fourth-order valence-electron chi connectivity index (χ4n) is 2.36. The quantitative estimate of drug-likeness (QED) is 0.823. The van der Waals surface area contributed by atoms with Gasteiger partial charge in [-0.05, 0) is 31.5 Å². The number of hydrogen-bond acceptors (Lipinski definition) is 5. The smallest absolute Gasteiger partial charge is 0.231 e. The molecule has 7 heteroatoms. The van der Waals surface area contributed by atoms with E-state index in [1.54, 1.807) is 6.20 Å². The monoisotopic (exact) mass is 333 g/mol. The molecule has 1 aliphatic heterocycles. The maximum absolute atomic E-state index is 12.1. The van der Waals surface area contributed by atoms with E-state index in [1.807, 2.05) is 42.8 Å². The van der Waals surface area contributed by atoms with Crippen LogP contribution in [0.15, 0.2) is 35.7 Å². The number of carbonyl (C=O) groups is 1. The first kappa shape index (κ1) is 15.7. The molecule has 6 nitrogen and oxygen atoms in total. The highest BCUT2D eigenvalue weighted by Crippen LogP contribution is 2.34. The number of aromatic nitrogens is 2. The number of imidazole rings is 1. The first-order valence-corrected chi connectivity index (χ1v) is 8.48. The van der Waals surface area contributed by atoms with E-state index in [-0.39, 0.29) is 18.7 Å². The Balaban J connectivity index is 1.55. The van der Waals surface area contributed by atoms with Crippen LogP contribution in [0.4, 0.5) is 0 Å². The number of aryl methyl sites for hydroxylation is 1. The van der Waals surface area contributed by atoms with Crippen LogP contribution in [0.1, 0.15) is 25.5 Å². The van der Waals surface area contributed by atoms with Gasteiger partial charge in [0.2, 0.25) is 12.7 Å². The van der Waals surface area contributed by atoms with Crippen molar-refractivity contribution in [3.8, 4) is 11.5 Å². The molecule has 1 aromatic carbocycles. The van der Waals surface area contributed by atoms with Gasteiger partial charge in [0.05, 0.1) is 11.8 Å². The number of rotatable bonds is 6. The average molecular weight is 333 g/mol. The number of nitrogens with zero attached hydrogens (tertiary/aromatic N) is 2. The highest BCUT2D eigenvalue weighted by Gasteiger charge is 2.17. The zero-order valence-corrected chi connectivity index (χ0v) is 13.9. The van der Waals surface area contributed by atoms with Crippen LogP contribution in [-0.2, 0) is 11.3 Å². The summed E-state index contributed by atoms with van der Waals surface area (Å²) in [6.07, 6.45) is 3.66. The van der Waals surface area contributed by atoms with Gasteiger partial charge in [0.15, 0.2) is 16.7 Å². The van der Waals surface area contributed by atoms with Crippen LogP contribution in [-0.4, -0.2) is 28.0 Å². The second kappa shape index (κ2) is 6.95. The lowest BCUT2D eigenvalue weighted by Crippen LogP contribution is -2.28. The molecule has 0 aliphatic carbocycles. The van der Waals surface area contributed by atoms with Crippen LogP contribution < -0.4 is 14.8 Å². The van der Waals surface area contributed by atoms with Gasteiger partial charge in [0, 0.05) is 18.9 Å². The summed E-state index contributed by atoms with van der Waals surface area (Å²) in [5.41, 5.74) is 0.989. The molecule has 2 heterocycles.